The standard InChI is InChI=1S/C7H3ClF2O/c8-5-2-1-4(3-11)6(9)7(5)10/h1-3H. The highest BCUT2D eigenvalue weighted by molar-refractivity contribution is 6.30. The minimum Gasteiger partial charge on any atom is -0.298 e. The van der Waals surface area contributed by atoms with Crippen LogP contribution in [0.15, 0.2) is 12.1 Å². The van der Waals surface area contributed by atoms with Gasteiger partial charge in [-0.05, 0) is 12.1 Å². The van der Waals surface area contributed by atoms with E-state index in [0.717, 1.165) is 12.1 Å². The van der Waals surface area contributed by atoms with Crippen molar-refractivity contribution in [2.24, 2.45) is 0 Å². The Morgan fingerprint density at radius 3 is 2.45 bits per heavy atom. The Hall–Kier alpha value is -0.960. The van der Waals surface area contributed by atoms with Crippen molar-refractivity contribution in [2.75, 3.05) is 0 Å². The van der Waals surface area contributed by atoms with E-state index >= 15 is 0 Å². The van der Waals surface area contributed by atoms with Crippen molar-refractivity contribution in [3.05, 3.63) is 34.4 Å². The van der Waals surface area contributed by atoms with Crippen molar-refractivity contribution in [1.29, 1.82) is 0 Å². The van der Waals surface area contributed by atoms with Crippen molar-refractivity contribution >= 4 is 17.9 Å². The van der Waals surface area contributed by atoms with Crippen LogP contribution in [-0.4, -0.2) is 6.29 Å². The zero-order valence-electron chi connectivity index (χ0n) is 5.27. The van der Waals surface area contributed by atoms with Crippen LogP contribution in [0.1, 0.15) is 10.4 Å². The first-order valence-electron chi connectivity index (χ1n) is 2.75. The highest BCUT2D eigenvalue weighted by Gasteiger charge is 2.10. The molecule has 0 bridgehead atoms. The van der Waals surface area contributed by atoms with Gasteiger partial charge in [0.2, 0.25) is 0 Å². The molecule has 1 aromatic rings. The Morgan fingerprint density at radius 2 is 1.91 bits per heavy atom. The van der Waals surface area contributed by atoms with Crippen LogP contribution in [0, 0.1) is 11.6 Å². The average molecular weight is 177 g/mol. The molecule has 0 spiro atoms. The van der Waals surface area contributed by atoms with E-state index in [1.165, 1.54) is 0 Å². The van der Waals surface area contributed by atoms with E-state index in [9.17, 15) is 13.6 Å². The summed E-state index contributed by atoms with van der Waals surface area (Å²) in [6.07, 6.45) is 0.231. The first-order chi connectivity index (χ1) is 5.16. The molecule has 0 aliphatic rings. The van der Waals surface area contributed by atoms with Gasteiger partial charge < -0.3 is 0 Å². The molecule has 0 aliphatic heterocycles. The maximum atomic E-state index is 12.6. The molecule has 0 saturated carbocycles. The second kappa shape index (κ2) is 2.96. The number of benzene rings is 1. The topological polar surface area (TPSA) is 17.1 Å². The van der Waals surface area contributed by atoms with E-state index in [0.29, 0.717) is 0 Å². The van der Waals surface area contributed by atoms with Crippen molar-refractivity contribution in [2.45, 2.75) is 0 Å². The van der Waals surface area contributed by atoms with E-state index < -0.39 is 11.6 Å². The van der Waals surface area contributed by atoms with E-state index in [2.05, 4.69) is 0 Å². The first kappa shape index (κ1) is 8.14. The summed E-state index contributed by atoms with van der Waals surface area (Å²) in [7, 11) is 0. The van der Waals surface area contributed by atoms with Gasteiger partial charge in [0.25, 0.3) is 0 Å². The van der Waals surface area contributed by atoms with Gasteiger partial charge >= 0.3 is 0 Å². The molecule has 0 heterocycles. The van der Waals surface area contributed by atoms with Crippen molar-refractivity contribution < 1.29 is 13.6 Å². The lowest BCUT2D eigenvalue weighted by molar-refractivity contribution is 0.111. The lowest BCUT2D eigenvalue weighted by atomic mass is 10.2. The van der Waals surface area contributed by atoms with Gasteiger partial charge in [-0.2, -0.15) is 0 Å². The molecule has 4 heteroatoms. The minimum absolute atomic E-state index is 0.231. The summed E-state index contributed by atoms with van der Waals surface area (Å²) in [4.78, 5) is 10.0. The molecule has 0 atom stereocenters. The van der Waals surface area contributed by atoms with Crippen molar-refractivity contribution in [3.8, 4) is 0 Å². The molecular formula is C7H3ClF2O. The second-order valence-electron chi connectivity index (χ2n) is 1.88. The molecule has 0 saturated heterocycles. The van der Waals surface area contributed by atoms with Gasteiger partial charge in [-0.15, -0.1) is 0 Å². The van der Waals surface area contributed by atoms with Gasteiger partial charge in [-0.25, -0.2) is 8.78 Å². The molecule has 0 amide bonds. The van der Waals surface area contributed by atoms with Gasteiger partial charge in [-0.1, -0.05) is 11.6 Å². The van der Waals surface area contributed by atoms with Gasteiger partial charge in [-0.3, -0.25) is 4.79 Å². The number of hydrogen-bond acceptors (Lipinski definition) is 1. The summed E-state index contributed by atoms with van der Waals surface area (Å²) in [6, 6.07) is 2.25. The number of hydrogen-bond donors (Lipinski definition) is 0. The fourth-order valence-corrected chi connectivity index (χ4v) is 0.778. The van der Waals surface area contributed by atoms with Crippen LogP contribution >= 0.6 is 11.6 Å². The highest BCUT2D eigenvalue weighted by atomic mass is 35.5. The maximum absolute atomic E-state index is 12.6. The highest BCUT2D eigenvalue weighted by Crippen LogP contribution is 2.18. The predicted molar refractivity (Wildman–Crippen MR) is 36.8 cm³/mol. The van der Waals surface area contributed by atoms with E-state index in [1.807, 2.05) is 0 Å². The molecule has 0 N–H and O–H groups in total. The molecule has 1 rings (SSSR count). The Morgan fingerprint density at radius 1 is 1.27 bits per heavy atom. The molecule has 11 heavy (non-hydrogen) atoms. The quantitative estimate of drug-likeness (QED) is 0.475. The lowest BCUT2D eigenvalue weighted by Gasteiger charge is -1.96. The maximum Gasteiger partial charge on any atom is 0.178 e. The second-order valence-corrected chi connectivity index (χ2v) is 2.29. The third-order valence-corrected chi connectivity index (χ3v) is 1.48. The molecule has 0 fully saturated rings. The van der Waals surface area contributed by atoms with E-state index in [4.69, 9.17) is 11.6 Å². The van der Waals surface area contributed by atoms with Gasteiger partial charge in [0.1, 0.15) is 0 Å². The summed E-state index contributed by atoms with van der Waals surface area (Å²) in [5.41, 5.74) is -0.327. The zero-order valence-corrected chi connectivity index (χ0v) is 6.03. The van der Waals surface area contributed by atoms with Gasteiger partial charge in [0.05, 0.1) is 10.6 Å². The molecule has 1 nitrogen and oxygen atoms in total. The Labute approximate surface area is 66.6 Å². The van der Waals surface area contributed by atoms with Crippen LogP contribution in [-0.2, 0) is 0 Å². The van der Waals surface area contributed by atoms with Crippen LogP contribution in [0.3, 0.4) is 0 Å². The van der Waals surface area contributed by atoms with Gasteiger partial charge in [0.15, 0.2) is 17.9 Å². The Balaban J connectivity index is 3.36. The third-order valence-electron chi connectivity index (χ3n) is 1.19. The third kappa shape index (κ3) is 1.38. The molecular weight excluding hydrogens is 174 g/mol. The predicted octanol–water partition coefficient (Wildman–Crippen LogP) is 2.43. The fraction of sp³-hybridized carbons (Fsp3) is 0. The van der Waals surface area contributed by atoms with Crippen LogP contribution in [0.25, 0.3) is 0 Å². The number of halogens is 3. The number of rotatable bonds is 1. The average Bonchev–Trinajstić information content (AvgIpc) is 2.01. The molecule has 0 aliphatic carbocycles. The van der Waals surface area contributed by atoms with Gasteiger partial charge in [0, 0.05) is 0 Å². The summed E-state index contributed by atoms with van der Waals surface area (Å²) in [5.74, 6) is -2.39. The first-order valence-corrected chi connectivity index (χ1v) is 3.13. The SMILES string of the molecule is O=Cc1ccc(Cl)c(F)c1F. The number of carbonyl (C=O) groups is 1. The zero-order chi connectivity index (χ0) is 8.43. The molecule has 58 valence electrons. The molecule has 0 unspecified atom stereocenters. The normalized spacial score (nSPS) is 9.73. The van der Waals surface area contributed by atoms with Crippen LogP contribution in [0.2, 0.25) is 5.02 Å². The van der Waals surface area contributed by atoms with Crippen LogP contribution in [0.4, 0.5) is 8.78 Å². The summed E-state index contributed by atoms with van der Waals surface area (Å²) in [6.45, 7) is 0. The summed E-state index contributed by atoms with van der Waals surface area (Å²) >= 11 is 5.21. The molecule has 1 aromatic carbocycles. The molecule has 0 aromatic heterocycles. The summed E-state index contributed by atoms with van der Waals surface area (Å²) < 4.78 is 25.1. The lowest BCUT2D eigenvalue weighted by Crippen LogP contribution is -1.92. The van der Waals surface area contributed by atoms with Crippen molar-refractivity contribution in [3.63, 3.8) is 0 Å². The van der Waals surface area contributed by atoms with Crippen LogP contribution in [0.5, 0.6) is 0 Å². The monoisotopic (exact) mass is 176 g/mol. The largest absolute Gasteiger partial charge is 0.298 e. The minimum atomic E-state index is -1.20. The number of aldehydes is 1. The summed E-state index contributed by atoms with van der Waals surface area (Å²) in [5, 5.41) is -0.326. The van der Waals surface area contributed by atoms with E-state index in [1.54, 1.807) is 0 Å². The van der Waals surface area contributed by atoms with Crippen molar-refractivity contribution in [1.82, 2.24) is 0 Å². The Bertz CT molecular complexity index is 299. The van der Waals surface area contributed by atoms with E-state index in [-0.39, 0.29) is 16.9 Å². The smallest absolute Gasteiger partial charge is 0.178 e. The number of carbonyl (C=O) groups excluding carboxylic acids is 1. The molecule has 0 radical (unpaired) electrons. The Kier molecular flexibility index (Phi) is 2.19. The fourth-order valence-electron chi connectivity index (χ4n) is 0.632. The van der Waals surface area contributed by atoms with Crippen LogP contribution < -0.4 is 0 Å².